The van der Waals surface area contributed by atoms with Gasteiger partial charge in [-0.3, -0.25) is 9.59 Å². The SMILES string of the molecule is O=C(NCCN1CCC2(CC1)C(=O)NCN2c1ccnc(F)c1)c1ccc2ccccc2c1. The van der Waals surface area contributed by atoms with Gasteiger partial charge in [0.15, 0.2) is 0 Å². The molecule has 1 aromatic heterocycles. The van der Waals surface area contributed by atoms with E-state index in [0.717, 1.165) is 23.9 Å². The molecule has 2 fully saturated rings. The topological polar surface area (TPSA) is 77.6 Å². The lowest BCUT2D eigenvalue weighted by molar-refractivity contribution is -0.125. The average Bonchev–Trinajstić information content (AvgIpc) is 3.15. The number of rotatable bonds is 5. The summed E-state index contributed by atoms with van der Waals surface area (Å²) in [5.74, 6) is -0.652. The number of fused-ring (bicyclic) bond motifs is 1. The number of likely N-dealkylation sites (tertiary alicyclic amines) is 1. The number of hydrogen-bond acceptors (Lipinski definition) is 5. The largest absolute Gasteiger partial charge is 0.351 e. The molecular weight excluding hydrogens is 421 g/mol. The molecule has 170 valence electrons. The van der Waals surface area contributed by atoms with Gasteiger partial charge in [0.25, 0.3) is 5.91 Å². The Balaban J connectivity index is 1.16. The van der Waals surface area contributed by atoms with Gasteiger partial charge in [-0.25, -0.2) is 4.98 Å². The lowest BCUT2D eigenvalue weighted by atomic mass is 9.85. The molecule has 0 radical (unpaired) electrons. The highest BCUT2D eigenvalue weighted by molar-refractivity contribution is 5.98. The van der Waals surface area contributed by atoms with E-state index in [2.05, 4.69) is 20.5 Å². The molecular formula is C25H26FN5O2. The average molecular weight is 448 g/mol. The minimum Gasteiger partial charge on any atom is -0.351 e. The van der Waals surface area contributed by atoms with Crippen LogP contribution in [-0.2, 0) is 4.79 Å². The lowest BCUT2D eigenvalue weighted by Gasteiger charge is -2.43. The van der Waals surface area contributed by atoms with Crippen molar-refractivity contribution < 1.29 is 14.0 Å². The third-order valence-corrected chi connectivity index (χ3v) is 6.77. The summed E-state index contributed by atoms with van der Waals surface area (Å²) >= 11 is 0. The van der Waals surface area contributed by atoms with E-state index < -0.39 is 11.5 Å². The van der Waals surface area contributed by atoms with E-state index in [9.17, 15) is 14.0 Å². The number of aromatic nitrogens is 1. The first-order valence-electron chi connectivity index (χ1n) is 11.2. The molecule has 5 rings (SSSR count). The second kappa shape index (κ2) is 8.78. The van der Waals surface area contributed by atoms with Crippen LogP contribution in [0.3, 0.4) is 0 Å². The maximum Gasteiger partial charge on any atom is 0.251 e. The van der Waals surface area contributed by atoms with Crippen LogP contribution in [0.25, 0.3) is 10.8 Å². The molecule has 1 spiro atoms. The number of benzene rings is 2. The minimum atomic E-state index is -0.668. The van der Waals surface area contributed by atoms with Gasteiger partial charge in [-0.2, -0.15) is 4.39 Å². The summed E-state index contributed by atoms with van der Waals surface area (Å²) in [6.45, 7) is 3.06. The van der Waals surface area contributed by atoms with Gasteiger partial charge in [0.1, 0.15) is 5.54 Å². The maximum atomic E-state index is 13.7. The fourth-order valence-electron chi connectivity index (χ4n) is 4.89. The Bertz CT molecular complexity index is 1190. The molecule has 3 aromatic rings. The van der Waals surface area contributed by atoms with Crippen LogP contribution in [0.2, 0.25) is 0 Å². The Morgan fingerprint density at radius 1 is 1.09 bits per heavy atom. The Hall–Kier alpha value is -3.52. The molecule has 2 N–H and O–H groups in total. The number of nitrogens with one attached hydrogen (secondary N) is 2. The van der Waals surface area contributed by atoms with E-state index in [-0.39, 0.29) is 11.8 Å². The van der Waals surface area contributed by atoms with Crippen LogP contribution >= 0.6 is 0 Å². The van der Waals surface area contributed by atoms with Crippen molar-refractivity contribution in [3.05, 3.63) is 72.3 Å². The van der Waals surface area contributed by atoms with E-state index in [1.54, 1.807) is 6.07 Å². The Morgan fingerprint density at radius 2 is 1.88 bits per heavy atom. The van der Waals surface area contributed by atoms with Crippen LogP contribution in [-0.4, -0.2) is 60.1 Å². The molecule has 2 aliphatic heterocycles. The van der Waals surface area contributed by atoms with Crippen LogP contribution in [0.4, 0.5) is 10.1 Å². The number of carbonyl (C=O) groups excluding carboxylic acids is 2. The van der Waals surface area contributed by atoms with Gasteiger partial charge in [0.2, 0.25) is 11.9 Å². The van der Waals surface area contributed by atoms with Crippen LogP contribution in [0.5, 0.6) is 0 Å². The third-order valence-electron chi connectivity index (χ3n) is 6.77. The van der Waals surface area contributed by atoms with Crippen molar-refractivity contribution in [3.63, 3.8) is 0 Å². The molecule has 2 saturated heterocycles. The summed E-state index contributed by atoms with van der Waals surface area (Å²) in [4.78, 5) is 33.2. The van der Waals surface area contributed by atoms with Gasteiger partial charge >= 0.3 is 0 Å². The highest BCUT2D eigenvalue weighted by Crippen LogP contribution is 2.36. The van der Waals surface area contributed by atoms with E-state index in [4.69, 9.17) is 0 Å². The van der Waals surface area contributed by atoms with Crippen molar-refractivity contribution in [2.45, 2.75) is 18.4 Å². The molecule has 0 aliphatic carbocycles. The summed E-state index contributed by atoms with van der Waals surface area (Å²) in [6.07, 6.45) is 2.71. The number of piperidine rings is 1. The molecule has 0 atom stereocenters. The van der Waals surface area contributed by atoms with Gasteiger partial charge in [-0.05, 0) is 41.8 Å². The van der Waals surface area contributed by atoms with Crippen LogP contribution in [0, 0.1) is 5.95 Å². The smallest absolute Gasteiger partial charge is 0.251 e. The molecule has 2 aliphatic rings. The van der Waals surface area contributed by atoms with Gasteiger partial charge < -0.3 is 20.4 Å². The number of anilines is 1. The molecule has 0 bridgehead atoms. The normalized spacial score (nSPS) is 18.0. The number of hydrogen-bond donors (Lipinski definition) is 2. The second-order valence-corrected chi connectivity index (χ2v) is 8.62. The van der Waals surface area contributed by atoms with Gasteiger partial charge in [0, 0.05) is 49.7 Å². The van der Waals surface area contributed by atoms with Crippen molar-refractivity contribution in [3.8, 4) is 0 Å². The first kappa shape index (κ1) is 21.3. The van der Waals surface area contributed by atoms with Crippen molar-refractivity contribution in [2.75, 3.05) is 37.7 Å². The summed E-state index contributed by atoms with van der Waals surface area (Å²) in [7, 11) is 0. The van der Waals surface area contributed by atoms with Gasteiger partial charge in [0.05, 0.1) is 6.67 Å². The molecule has 0 unspecified atom stereocenters. The van der Waals surface area contributed by atoms with Crippen molar-refractivity contribution >= 4 is 28.3 Å². The summed E-state index contributed by atoms with van der Waals surface area (Å²) < 4.78 is 13.7. The monoisotopic (exact) mass is 447 g/mol. The fraction of sp³-hybridized carbons (Fsp3) is 0.320. The quantitative estimate of drug-likeness (QED) is 0.588. The zero-order valence-corrected chi connectivity index (χ0v) is 18.3. The Kier molecular flexibility index (Phi) is 5.68. The Morgan fingerprint density at radius 3 is 2.67 bits per heavy atom. The molecule has 2 amide bonds. The van der Waals surface area contributed by atoms with E-state index >= 15 is 0 Å². The first-order chi connectivity index (χ1) is 16.0. The molecule has 7 nitrogen and oxygen atoms in total. The molecule has 8 heteroatoms. The van der Waals surface area contributed by atoms with E-state index in [1.165, 1.54) is 12.3 Å². The summed E-state index contributed by atoms with van der Waals surface area (Å²) in [6, 6.07) is 16.8. The van der Waals surface area contributed by atoms with E-state index in [1.807, 2.05) is 47.4 Å². The predicted octanol–water partition coefficient (Wildman–Crippen LogP) is 2.53. The molecule has 3 heterocycles. The van der Waals surface area contributed by atoms with Crippen LogP contribution in [0.1, 0.15) is 23.2 Å². The fourth-order valence-corrected chi connectivity index (χ4v) is 4.89. The summed E-state index contributed by atoms with van der Waals surface area (Å²) in [5.41, 5.74) is 0.643. The van der Waals surface area contributed by atoms with E-state index in [0.29, 0.717) is 43.9 Å². The number of carbonyl (C=O) groups is 2. The highest BCUT2D eigenvalue weighted by Gasteiger charge is 2.50. The second-order valence-electron chi connectivity index (χ2n) is 8.62. The third kappa shape index (κ3) is 4.14. The van der Waals surface area contributed by atoms with Crippen molar-refractivity contribution in [1.82, 2.24) is 20.5 Å². The number of nitrogens with zero attached hydrogens (tertiary/aromatic N) is 3. The number of halogens is 1. The van der Waals surface area contributed by atoms with Gasteiger partial charge in [-0.15, -0.1) is 0 Å². The number of amides is 2. The van der Waals surface area contributed by atoms with Gasteiger partial charge in [-0.1, -0.05) is 30.3 Å². The maximum absolute atomic E-state index is 13.7. The van der Waals surface area contributed by atoms with Crippen LogP contribution in [0.15, 0.2) is 60.8 Å². The summed E-state index contributed by atoms with van der Waals surface area (Å²) in [5, 5.41) is 8.07. The minimum absolute atomic E-state index is 0.0102. The molecule has 0 saturated carbocycles. The molecule has 2 aromatic carbocycles. The molecule has 33 heavy (non-hydrogen) atoms. The van der Waals surface area contributed by atoms with Crippen LogP contribution < -0.4 is 15.5 Å². The highest BCUT2D eigenvalue weighted by atomic mass is 19.1. The standard InChI is InChI=1S/C25H26FN5O2/c26-22-16-21(7-10-27-22)31-17-29-24(33)25(31)8-12-30(13-9-25)14-11-28-23(32)20-6-5-18-3-1-2-4-19(18)15-20/h1-7,10,15-16H,8-9,11-14,17H2,(H,28,32)(H,29,33). The van der Waals surface area contributed by atoms with Crippen molar-refractivity contribution in [2.24, 2.45) is 0 Å². The number of pyridine rings is 1. The first-order valence-corrected chi connectivity index (χ1v) is 11.2. The zero-order chi connectivity index (χ0) is 22.8. The van der Waals surface area contributed by atoms with Crippen molar-refractivity contribution in [1.29, 1.82) is 0 Å². The zero-order valence-electron chi connectivity index (χ0n) is 18.3. The Labute approximate surface area is 191 Å². The lowest BCUT2D eigenvalue weighted by Crippen LogP contribution is -2.57. The predicted molar refractivity (Wildman–Crippen MR) is 124 cm³/mol.